The van der Waals surface area contributed by atoms with Gasteiger partial charge in [-0.3, -0.25) is 14.4 Å². The summed E-state index contributed by atoms with van der Waals surface area (Å²) in [6.45, 7) is 0. The molecule has 0 aliphatic heterocycles. The molecule has 1 unspecified atom stereocenters. The van der Waals surface area contributed by atoms with Crippen molar-refractivity contribution in [2.75, 3.05) is 21.3 Å². The van der Waals surface area contributed by atoms with E-state index in [1.54, 1.807) is 24.3 Å². The zero-order valence-electron chi connectivity index (χ0n) is 12.5. The Hall–Kier alpha value is -2.81. The summed E-state index contributed by atoms with van der Waals surface area (Å²) in [6.07, 6.45) is 0. The van der Waals surface area contributed by atoms with Crippen LogP contribution < -0.4 is 0 Å². The van der Waals surface area contributed by atoms with Crippen LogP contribution in [0.25, 0.3) is 0 Å². The van der Waals surface area contributed by atoms with Crippen LogP contribution in [0.3, 0.4) is 0 Å². The molecular weight excluding hydrogens is 288 g/mol. The molecule has 1 atom stereocenters. The average Bonchev–Trinajstić information content (AvgIpc) is 2.57. The van der Waals surface area contributed by atoms with Crippen molar-refractivity contribution in [3.63, 3.8) is 0 Å². The molecule has 0 aliphatic carbocycles. The van der Waals surface area contributed by atoms with Crippen LogP contribution in [0.2, 0.25) is 0 Å². The highest BCUT2D eigenvalue weighted by atomic mass is 16.5. The summed E-state index contributed by atoms with van der Waals surface area (Å²) in [6, 6.07) is 8.82. The first-order valence-corrected chi connectivity index (χ1v) is 6.35. The smallest absolute Gasteiger partial charge is 0.322 e. The van der Waals surface area contributed by atoms with Gasteiger partial charge in [0.05, 0.1) is 21.3 Å². The predicted octanol–water partition coefficient (Wildman–Crippen LogP) is 0.789. The SMILES string of the molecule is COC(=O)C(C#Cc1ccccc1)C(C(=O)OC)C(=O)OC. The zero-order chi connectivity index (χ0) is 16.5. The van der Waals surface area contributed by atoms with Gasteiger partial charge in [0, 0.05) is 5.56 Å². The largest absolute Gasteiger partial charge is 0.468 e. The first kappa shape index (κ1) is 17.2. The minimum absolute atomic E-state index is 0.630. The Bertz CT molecular complexity index is 580. The first-order valence-electron chi connectivity index (χ1n) is 6.35. The Balaban J connectivity index is 3.21. The third-order valence-corrected chi connectivity index (χ3v) is 2.84. The topological polar surface area (TPSA) is 78.9 Å². The summed E-state index contributed by atoms with van der Waals surface area (Å²) in [7, 11) is 3.36. The third kappa shape index (κ3) is 4.35. The first-order chi connectivity index (χ1) is 10.5. The maximum atomic E-state index is 11.9. The average molecular weight is 304 g/mol. The second kappa shape index (κ2) is 8.47. The highest BCUT2D eigenvalue weighted by Gasteiger charge is 2.41. The lowest BCUT2D eigenvalue weighted by Crippen LogP contribution is -2.37. The van der Waals surface area contributed by atoms with E-state index >= 15 is 0 Å². The summed E-state index contributed by atoms with van der Waals surface area (Å²) >= 11 is 0. The standard InChI is InChI=1S/C16H16O6/c1-20-14(17)12(10-9-11-7-5-4-6-8-11)13(15(18)21-2)16(19)22-3/h4-8,12-13H,1-3H3. The molecule has 1 aromatic rings. The fourth-order valence-corrected chi connectivity index (χ4v) is 1.71. The van der Waals surface area contributed by atoms with E-state index in [-0.39, 0.29) is 0 Å². The van der Waals surface area contributed by atoms with E-state index in [0.717, 1.165) is 21.3 Å². The van der Waals surface area contributed by atoms with Crippen molar-refractivity contribution in [1.82, 2.24) is 0 Å². The molecule has 6 heteroatoms. The van der Waals surface area contributed by atoms with Gasteiger partial charge < -0.3 is 14.2 Å². The van der Waals surface area contributed by atoms with Crippen LogP contribution in [-0.4, -0.2) is 39.2 Å². The second-order valence-corrected chi connectivity index (χ2v) is 4.16. The van der Waals surface area contributed by atoms with Crippen LogP contribution in [0.5, 0.6) is 0 Å². The lowest BCUT2D eigenvalue weighted by atomic mass is 9.92. The molecule has 0 saturated heterocycles. The van der Waals surface area contributed by atoms with Crippen LogP contribution >= 0.6 is 0 Å². The molecule has 1 aromatic carbocycles. The maximum Gasteiger partial charge on any atom is 0.322 e. The van der Waals surface area contributed by atoms with Crippen LogP contribution in [0.1, 0.15) is 5.56 Å². The van der Waals surface area contributed by atoms with Crippen molar-refractivity contribution < 1.29 is 28.6 Å². The number of carbonyl (C=O) groups is 3. The minimum Gasteiger partial charge on any atom is -0.468 e. The van der Waals surface area contributed by atoms with Gasteiger partial charge in [-0.25, -0.2) is 0 Å². The molecule has 1 rings (SSSR count). The van der Waals surface area contributed by atoms with Crippen molar-refractivity contribution in [3.8, 4) is 11.8 Å². The van der Waals surface area contributed by atoms with Gasteiger partial charge in [0.15, 0.2) is 5.92 Å². The van der Waals surface area contributed by atoms with E-state index in [1.807, 2.05) is 6.07 Å². The molecule has 0 N–H and O–H groups in total. The molecule has 0 aliphatic rings. The van der Waals surface area contributed by atoms with Gasteiger partial charge in [-0.1, -0.05) is 30.0 Å². The molecule has 0 radical (unpaired) electrons. The molecular formula is C16H16O6. The quantitative estimate of drug-likeness (QED) is 0.354. The number of benzene rings is 1. The summed E-state index contributed by atoms with van der Waals surface area (Å²) in [5.74, 6) is -0.133. The van der Waals surface area contributed by atoms with Crippen LogP contribution in [0.15, 0.2) is 30.3 Å². The van der Waals surface area contributed by atoms with Gasteiger partial charge in [0.1, 0.15) is 5.92 Å². The van der Waals surface area contributed by atoms with Gasteiger partial charge in [-0.15, -0.1) is 0 Å². The monoisotopic (exact) mass is 304 g/mol. The Morgan fingerprint density at radius 1 is 0.864 bits per heavy atom. The van der Waals surface area contributed by atoms with Gasteiger partial charge >= 0.3 is 17.9 Å². The second-order valence-electron chi connectivity index (χ2n) is 4.16. The Morgan fingerprint density at radius 2 is 1.36 bits per heavy atom. The van der Waals surface area contributed by atoms with E-state index in [4.69, 9.17) is 0 Å². The molecule has 0 amide bonds. The number of rotatable bonds is 4. The molecule has 22 heavy (non-hydrogen) atoms. The number of hydrogen-bond acceptors (Lipinski definition) is 6. The van der Waals surface area contributed by atoms with Crippen LogP contribution in [0.4, 0.5) is 0 Å². The van der Waals surface area contributed by atoms with Gasteiger partial charge in [0.25, 0.3) is 0 Å². The fraction of sp³-hybridized carbons (Fsp3) is 0.312. The molecule has 6 nitrogen and oxygen atoms in total. The van der Waals surface area contributed by atoms with Crippen LogP contribution in [-0.2, 0) is 28.6 Å². The lowest BCUT2D eigenvalue weighted by Gasteiger charge is -2.16. The van der Waals surface area contributed by atoms with E-state index in [0.29, 0.717) is 5.56 Å². The van der Waals surface area contributed by atoms with Crippen molar-refractivity contribution >= 4 is 17.9 Å². The maximum absolute atomic E-state index is 11.9. The molecule has 0 fully saturated rings. The number of esters is 3. The van der Waals surface area contributed by atoms with Crippen molar-refractivity contribution in [1.29, 1.82) is 0 Å². The molecule has 0 bridgehead atoms. The summed E-state index contributed by atoms with van der Waals surface area (Å²) in [4.78, 5) is 35.4. The van der Waals surface area contributed by atoms with Gasteiger partial charge in [-0.05, 0) is 12.1 Å². The Labute approximate surface area is 128 Å². The van der Waals surface area contributed by atoms with Crippen LogP contribution in [0, 0.1) is 23.7 Å². The normalized spacial score (nSPS) is 10.9. The highest BCUT2D eigenvalue weighted by molar-refractivity contribution is 6.00. The lowest BCUT2D eigenvalue weighted by molar-refractivity contribution is -0.166. The predicted molar refractivity (Wildman–Crippen MR) is 76.3 cm³/mol. The molecule has 0 spiro atoms. The number of carbonyl (C=O) groups excluding carboxylic acids is 3. The van der Waals surface area contributed by atoms with Gasteiger partial charge in [-0.2, -0.15) is 0 Å². The van der Waals surface area contributed by atoms with Crippen molar-refractivity contribution in [2.45, 2.75) is 0 Å². The van der Waals surface area contributed by atoms with Gasteiger partial charge in [0.2, 0.25) is 0 Å². The summed E-state index contributed by atoms with van der Waals surface area (Å²) in [5.41, 5.74) is 0.630. The third-order valence-electron chi connectivity index (χ3n) is 2.84. The molecule has 0 aromatic heterocycles. The Morgan fingerprint density at radius 3 is 1.82 bits per heavy atom. The molecule has 0 saturated carbocycles. The number of ether oxygens (including phenoxy) is 3. The summed E-state index contributed by atoms with van der Waals surface area (Å²) < 4.78 is 13.7. The molecule has 116 valence electrons. The summed E-state index contributed by atoms with van der Waals surface area (Å²) in [5, 5.41) is 0. The fourth-order valence-electron chi connectivity index (χ4n) is 1.71. The highest BCUT2D eigenvalue weighted by Crippen LogP contribution is 2.17. The zero-order valence-corrected chi connectivity index (χ0v) is 12.5. The number of methoxy groups -OCH3 is 3. The number of hydrogen-bond donors (Lipinski definition) is 0. The van der Waals surface area contributed by atoms with E-state index in [2.05, 4.69) is 26.1 Å². The van der Waals surface area contributed by atoms with E-state index in [9.17, 15) is 14.4 Å². The minimum atomic E-state index is -1.50. The van der Waals surface area contributed by atoms with Crippen molar-refractivity contribution in [2.24, 2.45) is 11.8 Å². The molecule has 0 heterocycles. The van der Waals surface area contributed by atoms with E-state index in [1.165, 1.54) is 0 Å². The van der Waals surface area contributed by atoms with Crippen molar-refractivity contribution in [3.05, 3.63) is 35.9 Å². The Kier molecular flexibility index (Phi) is 6.64. The van der Waals surface area contributed by atoms with E-state index < -0.39 is 29.7 Å².